The molecule has 1 rings (SSSR count). The monoisotopic (exact) mass is 228 g/mol. The van der Waals surface area contributed by atoms with Gasteiger partial charge >= 0.3 is 0 Å². The third-order valence-corrected chi connectivity index (χ3v) is 4.21. The Morgan fingerprint density at radius 1 is 1.25 bits per heavy atom. The molecule has 1 aliphatic rings. The maximum absolute atomic E-state index is 9.70. The van der Waals surface area contributed by atoms with Crippen LogP contribution in [0.4, 0.5) is 0 Å². The Morgan fingerprint density at radius 3 is 2.44 bits per heavy atom. The first-order chi connectivity index (χ1) is 7.76. The zero-order valence-electron chi connectivity index (χ0n) is 11.0. The molecule has 0 radical (unpaired) electrons. The number of hydrogen-bond acceptors (Lipinski definition) is 2. The van der Waals surface area contributed by atoms with Gasteiger partial charge in [-0.05, 0) is 43.4 Å². The lowest BCUT2D eigenvalue weighted by molar-refractivity contribution is 0.0237. The Labute approximate surface area is 100 Å². The standard InChI is InChI=1S/C14H28O2/c1-3-5-8-14(4-2,12-15)11-13-6-9-16-10-7-13/h13,15H,3-12H2,1-2H3. The molecule has 0 aromatic rings. The van der Waals surface area contributed by atoms with E-state index in [1.165, 1.54) is 38.5 Å². The van der Waals surface area contributed by atoms with Crippen LogP contribution in [0.3, 0.4) is 0 Å². The van der Waals surface area contributed by atoms with Crippen LogP contribution in [0.15, 0.2) is 0 Å². The molecule has 1 N–H and O–H groups in total. The number of rotatable bonds is 7. The van der Waals surface area contributed by atoms with Gasteiger partial charge in [0, 0.05) is 19.8 Å². The van der Waals surface area contributed by atoms with Gasteiger partial charge in [-0.25, -0.2) is 0 Å². The van der Waals surface area contributed by atoms with Crippen LogP contribution in [0.5, 0.6) is 0 Å². The van der Waals surface area contributed by atoms with Gasteiger partial charge in [0.15, 0.2) is 0 Å². The molecule has 0 spiro atoms. The fourth-order valence-electron chi connectivity index (χ4n) is 2.79. The Hall–Kier alpha value is -0.0800. The molecule has 0 aliphatic carbocycles. The van der Waals surface area contributed by atoms with Gasteiger partial charge in [0.25, 0.3) is 0 Å². The van der Waals surface area contributed by atoms with Gasteiger partial charge in [0.05, 0.1) is 0 Å². The molecule has 96 valence electrons. The number of aliphatic hydroxyl groups is 1. The highest BCUT2D eigenvalue weighted by atomic mass is 16.5. The van der Waals surface area contributed by atoms with Gasteiger partial charge in [0.2, 0.25) is 0 Å². The van der Waals surface area contributed by atoms with E-state index >= 15 is 0 Å². The third kappa shape index (κ3) is 4.06. The molecule has 0 amide bonds. The van der Waals surface area contributed by atoms with E-state index in [9.17, 15) is 5.11 Å². The van der Waals surface area contributed by atoms with Crippen molar-refractivity contribution in [2.75, 3.05) is 19.8 Å². The molecule has 1 atom stereocenters. The maximum atomic E-state index is 9.70. The van der Waals surface area contributed by atoms with E-state index in [2.05, 4.69) is 13.8 Å². The molecule has 16 heavy (non-hydrogen) atoms. The number of unbranched alkanes of at least 4 members (excludes halogenated alkanes) is 1. The summed E-state index contributed by atoms with van der Waals surface area (Å²) in [4.78, 5) is 0. The second-order valence-corrected chi connectivity index (χ2v) is 5.38. The normalized spacial score (nSPS) is 21.9. The SMILES string of the molecule is CCCCC(CC)(CO)CC1CCOCC1. The van der Waals surface area contributed by atoms with Crippen LogP contribution in [0.2, 0.25) is 0 Å². The first-order valence-corrected chi connectivity index (χ1v) is 6.95. The predicted octanol–water partition coefficient (Wildman–Crippen LogP) is 3.38. The molecule has 0 aromatic carbocycles. The average molecular weight is 228 g/mol. The highest BCUT2D eigenvalue weighted by Crippen LogP contribution is 2.38. The van der Waals surface area contributed by atoms with E-state index in [1.54, 1.807) is 0 Å². The van der Waals surface area contributed by atoms with Gasteiger partial charge < -0.3 is 9.84 Å². The molecule has 1 heterocycles. The summed E-state index contributed by atoms with van der Waals surface area (Å²) in [5, 5.41) is 9.70. The molecular weight excluding hydrogens is 200 g/mol. The van der Waals surface area contributed by atoms with Crippen molar-refractivity contribution in [2.24, 2.45) is 11.3 Å². The lowest BCUT2D eigenvalue weighted by atomic mass is 9.72. The van der Waals surface area contributed by atoms with Crippen molar-refractivity contribution in [1.82, 2.24) is 0 Å². The number of aliphatic hydroxyl groups excluding tert-OH is 1. The van der Waals surface area contributed by atoms with Gasteiger partial charge in [-0.1, -0.05) is 26.7 Å². The Balaban J connectivity index is 2.46. The molecule has 1 aliphatic heterocycles. The third-order valence-electron chi connectivity index (χ3n) is 4.21. The summed E-state index contributed by atoms with van der Waals surface area (Å²) in [7, 11) is 0. The fourth-order valence-corrected chi connectivity index (χ4v) is 2.79. The highest BCUT2D eigenvalue weighted by Gasteiger charge is 2.30. The molecule has 1 saturated heterocycles. The van der Waals surface area contributed by atoms with Crippen molar-refractivity contribution in [3.63, 3.8) is 0 Å². The van der Waals surface area contributed by atoms with Crippen LogP contribution in [-0.4, -0.2) is 24.9 Å². The minimum Gasteiger partial charge on any atom is -0.396 e. The van der Waals surface area contributed by atoms with Crippen molar-refractivity contribution < 1.29 is 9.84 Å². The molecule has 0 aromatic heterocycles. The summed E-state index contributed by atoms with van der Waals surface area (Å²) in [5.41, 5.74) is 0.192. The van der Waals surface area contributed by atoms with E-state index in [0.717, 1.165) is 25.6 Å². The van der Waals surface area contributed by atoms with E-state index < -0.39 is 0 Å². The topological polar surface area (TPSA) is 29.5 Å². The van der Waals surface area contributed by atoms with Crippen molar-refractivity contribution in [2.45, 2.75) is 58.8 Å². The molecule has 1 fully saturated rings. The van der Waals surface area contributed by atoms with E-state index in [4.69, 9.17) is 4.74 Å². The number of hydrogen-bond donors (Lipinski definition) is 1. The van der Waals surface area contributed by atoms with Gasteiger partial charge in [-0.2, -0.15) is 0 Å². The molecule has 2 nitrogen and oxygen atoms in total. The summed E-state index contributed by atoms with van der Waals surface area (Å²) < 4.78 is 5.40. The van der Waals surface area contributed by atoms with Crippen molar-refractivity contribution in [3.05, 3.63) is 0 Å². The van der Waals surface area contributed by atoms with Crippen LogP contribution in [0.25, 0.3) is 0 Å². The summed E-state index contributed by atoms with van der Waals surface area (Å²) in [6.07, 6.45) is 8.35. The molecule has 0 bridgehead atoms. The fraction of sp³-hybridized carbons (Fsp3) is 1.00. The Bertz CT molecular complexity index is 170. The lowest BCUT2D eigenvalue weighted by Gasteiger charge is -2.36. The molecule has 0 saturated carbocycles. The molecular formula is C14H28O2. The van der Waals surface area contributed by atoms with Crippen LogP contribution in [-0.2, 0) is 4.74 Å². The minimum atomic E-state index is 0.192. The number of ether oxygens (including phenoxy) is 1. The summed E-state index contributed by atoms with van der Waals surface area (Å²) in [5.74, 6) is 0.776. The van der Waals surface area contributed by atoms with Gasteiger partial charge in [-0.3, -0.25) is 0 Å². The first kappa shape index (κ1) is 14.0. The zero-order valence-corrected chi connectivity index (χ0v) is 11.0. The maximum Gasteiger partial charge on any atom is 0.0487 e. The molecule has 1 unspecified atom stereocenters. The largest absolute Gasteiger partial charge is 0.396 e. The minimum absolute atomic E-state index is 0.192. The smallest absolute Gasteiger partial charge is 0.0487 e. The van der Waals surface area contributed by atoms with Crippen molar-refractivity contribution in [1.29, 1.82) is 0 Å². The van der Waals surface area contributed by atoms with E-state index in [-0.39, 0.29) is 5.41 Å². The van der Waals surface area contributed by atoms with Crippen molar-refractivity contribution in [3.8, 4) is 0 Å². The summed E-state index contributed by atoms with van der Waals surface area (Å²) >= 11 is 0. The van der Waals surface area contributed by atoms with E-state index in [0.29, 0.717) is 6.61 Å². The lowest BCUT2D eigenvalue weighted by Crippen LogP contribution is -2.30. The highest BCUT2D eigenvalue weighted by molar-refractivity contribution is 4.81. The second kappa shape index (κ2) is 7.29. The second-order valence-electron chi connectivity index (χ2n) is 5.38. The molecule has 2 heteroatoms. The Morgan fingerprint density at radius 2 is 1.94 bits per heavy atom. The van der Waals surface area contributed by atoms with Crippen LogP contribution in [0, 0.1) is 11.3 Å². The van der Waals surface area contributed by atoms with Crippen LogP contribution < -0.4 is 0 Å². The first-order valence-electron chi connectivity index (χ1n) is 6.95. The van der Waals surface area contributed by atoms with Crippen molar-refractivity contribution >= 4 is 0 Å². The van der Waals surface area contributed by atoms with E-state index in [1.807, 2.05) is 0 Å². The summed E-state index contributed by atoms with van der Waals surface area (Å²) in [6.45, 7) is 6.66. The predicted molar refractivity (Wildman–Crippen MR) is 67.5 cm³/mol. The Kier molecular flexibility index (Phi) is 6.37. The van der Waals surface area contributed by atoms with Crippen LogP contribution >= 0.6 is 0 Å². The quantitative estimate of drug-likeness (QED) is 0.724. The van der Waals surface area contributed by atoms with Gasteiger partial charge in [0.1, 0.15) is 0 Å². The average Bonchev–Trinajstić information content (AvgIpc) is 2.36. The summed E-state index contributed by atoms with van der Waals surface area (Å²) in [6, 6.07) is 0. The zero-order chi connectivity index (χ0) is 11.9. The van der Waals surface area contributed by atoms with Gasteiger partial charge in [-0.15, -0.1) is 0 Å². The van der Waals surface area contributed by atoms with Crippen LogP contribution in [0.1, 0.15) is 58.8 Å².